The highest BCUT2D eigenvalue weighted by molar-refractivity contribution is 9.10. The first-order valence-corrected chi connectivity index (χ1v) is 7.13. The molecule has 98 valence electrons. The van der Waals surface area contributed by atoms with Gasteiger partial charge >= 0.3 is 5.97 Å². The van der Waals surface area contributed by atoms with Crippen LogP contribution in [0, 0.1) is 5.92 Å². The summed E-state index contributed by atoms with van der Waals surface area (Å²) in [5.41, 5.74) is 0.0570. The van der Waals surface area contributed by atoms with Gasteiger partial charge in [-0.15, -0.1) is 0 Å². The molecule has 0 radical (unpaired) electrons. The lowest BCUT2D eigenvalue weighted by Gasteiger charge is -2.27. The first-order valence-electron chi connectivity index (χ1n) is 6.33. The minimum absolute atomic E-state index is 0.510. The van der Waals surface area contributed by atoms with E-state index in [9.17, 15) is 9.90 Å². The molecule has 1 aliphatic carbocycles. The van der Waals surface area contributed by atoms with Gasteiger partial charge in [0.05, 0.1) is 0 Å². The van der Waals surface area contributed by atoms with Gasteiger partial charge in [0.1, 0.15) is 5.54 Å². The van der Waals surface area contributed by atoms with E-state index in [0.717, 1.165) is 23.0 Å². The molecule has 0 amide bonds. The molecule has 0 aromatic heterocycles. The number of rotatable bonds is 4. The number of aliphatic carboxylic acids is 1. The van der Waals surface area contributed by atoms with E-state index in [-0.39, 0.29) is 0 Å². The second-order valence-electron chi connectivity index (χ2n) is 5.01. The topological polar surface area (TPSA) is 49.3 Å². The molecular weight excluding hydrogens is 294 g/mol. The fraction of sp³-hybridized carbons (Fsp3) is 0.500. The van der Waals surface area contributed by atoms with Gasteiger partial charge < -0.3 is 10.4 Å². The number of benzene rings is 1. The molecule has 0 aliphatic heterocycles. The first-order chi connectivity index (χ1) is 8.57. The van der Waals surface area contributed by atoms with Crippen molar-refractivity contribution in [2.45, 2.75) is 38.1 Å². The summed E-state index contributed by atoms with van der Waals surface area (Å²) in [5.74, 6) is -0.231. The van der Waals surface area contributed by atoms with E-state index in [1.807, 2.05) is 24.3 Å². The lowest BCUT2D eigenvalue weighted by molar-refractivity contribution is -0.142. The van der Waals surface area contributed by atoms with E-state index in [2.05, 4.69) is 28.2 Å². The number of carboxylic acid groups (broad SMARTS) is 1. The molecule has 0 heterocycles. The normalized spacial score (nSPS) is 27.1. The highest BCUT2D eigenvalue weighted by atomic mass is 79.9. The summed E-state index contributed by atoms with van der Waals surface area (Å²) in [7, 11) is 0. The van der Waals surface area contributed by atoms with Crippen LogP contribution in [0.4, 0.5) is 5.69 Å². The van der Waals surface area contributed by atoms with Crippen LogP contribution in [0.25, 0.3) is 0 Å². The molecule has 2 N–H and O–H groups in total. The zero-order chi connectivity index (χ0) is 13.2. The minimum atomic E-state index is -0.801. The third kappa shape index (κ3) is 2.53. The minimum Gasteiger partial charge on any atom is -0.480 e. The molecule has 1 aromatic carbocycles. The highest BCUT2D eigenvalue weighted by Gasteiger charge is 2.45. The number of carbonyl (C=O) groups is 1. The summed E-state index contributed by atoms with van der Waals surface area (Å²) in [6, 6.07) is 7.67. The number of para-hydroxylation sites is 1. The molecule has 1 fully saturated rings. The van der Waals surface area contributed by atoms with E-state index in [4.69, 9.17) is 0 Å². The van der Waals surface area contributed by atoms with Gasteiger partial charge in [-0.1, -0.05) is 25.5 Å². The van der Waals surface area contributed by atoms with Gasteiger partial charge in [0.2, 0.25) is 0 Å². The number of hydrogen-bond donors (Lipinski definition) is 2. The van der Waals surface area contributed by atoms with Gasteiger partial charge in [-0.25, -0.2) is 4.79 Å². The molecule has 3 nitrogen and oxygen atoms in total. The molecule has 18 heavy (non-hydrogen) atoms. The Morgan fingerprint density at radius 1 is 1.56 bits per heavy atom. The van der Waals surface area contributed by atoms with Crippen molar-refractivity contribution in [1.82, 2.24) is 0 Å². The fourth-order valence-electron chi connectivity index (χ4n) is 2.68. The van der Waals surface area contributed by atoms with Crippen LogP contribution >= 0.6 is 15.9 Å². The smallest absolute Gasteiger partial charge is 0.329 e. The summed E-state index contributed by atoms with van der Waals surface area (Å²) >= 11 is 3.45. The number of hydrogen-bond acceptors (Lipinski definition) is 2. The van der Waals surface area contributed by atoms with Crippen LogP contribution < -0.4 is 5.32 Å². The van der Waals surface area contributed by atoms with Crippen LogP contribution in [-0.4, -0.2) is 16.6 Å². The maximum absolute atomic E-state index is 11.6. The van der Waals surface area contributed by atoms with Crippen molar-refractivity contribution >= 4 is 27.6 Å². The van der Waals surface area contributed by atoms with Crippen molar-refractivity contribution in [3.8, 4) is 0 Å². The molecule has 2 unspecified atom stereocenters. The van der Waals surface area contributed by atoms with Crippen LogP contribution in [0.5, 0.6) is 0 Å². The number of carboxylic acids is 1. The van der Waals surface area contributed by atoms with E-state index < -0.39 is 11.5 Å². The van der Waals surface area contributed by atoms with Crippen molar-refractivity contribution in [3.05, 3.63) is 28.7 Å². The number of anilines is 1. The molecule has 0 bridgehead atoms. The Labute approximate surface area is 116 Å². The van der Waals surface area contributed by atoms with E-state index >= 15 is 0 Å². The second-order valence-corrected chi connectivity index (χ2v) is 5.86. The molecule has 2 rings (SSSR count). The van der Waals surface area contributed by atoms with Gasteiger partial charge in [-0.2, -0.15) is 0 Å². The molecule has 1 saturated carbocycles. The van der Waals surface area contributed by atoms with Crippen molar-refractivity contribution in [2.75, 3.05) is 5.32 Å². The van der Waals surface area contributed by atoms with Crippen LogP contribution in [0.2, 0.25) is 0 Å². The number of halogens is 1. The largest absolute Gasteiger partial charge is 0.480 e. The quantitative estimate of drug-likeness (QED) is 0.886. The fourth-order valence-corrected chi connectivity index (χ4v) is 3.06. The van der Waals surface area contributed by atoms with Gasteiger partial charge in [-0.05, 0) is 53.2 Å². The molecule has 0 saturated heterocycles. The zero-order valence-electron chi connectivity index (χ0n) is 10.4. The van der Waals surface area contributed by atoms with Crippen molar-refractivity contribution < 1.29 is 9.90 Å². The van der Waals surface area contributed by atoms with Crippen LogP contribution in [0.1, 0.15) is 32.6 Å². The molecule has 1 aromatic rings. The third-order valence-electron chi connectivity index (χ3n) is 3.85. The molecule has 1 aliphatic rings. The monoisotopic (exact) mass is 311 g/mol. The number of nitrogens with one attached hydrogen (secondary N) is 1. The summed E-state index contributed by atoms with van der Waals surface area (Å²) < 4.78 is 0.908. The van der Waals surface area contributed by atoms with E-state index in [1.54, 1.807) is 0 Å². The summed E-state index contributed by atoms with van der Waals surface area (Å²) in [5, 5.41) is 12.8. The second kappa shape index (κ2) is 5.31. The van der Waals surface area contributed by atoms with E-state index in [0.29, 0.717) is 18.8 Å². The van der Waals surface area contributed by atoms with Crippen LogP contribution in [-0.2, 0) is 4.79 Å². The molecule has 4 heteroatoms. The van der Waals surface area contributed by atoms with Crippen molar-refractivity contribution in [2.24, 2.45) is 5.92 Å². The van der Waals surface area contributed by atoms with Crippen molar-refractivity contribution in [3.63, 3.8) is 0 Å². The average molecular weight is 312 g/mol. The standard InChI is InChI=1S/C14H18BrNO2/c1-2-10-7-8-14(9-10,13(17)18)16-12-6-4-3-5-11(12)15/h3-6,10,16H,2,7-9H2,1H3,(H,17,18). The van der Waals surface area contributed by atoms with Crippen LogP contribution in [0.15, 0.2) is 28.7 Å². The average Bonchev–Trinajstić information content (AvgIpc) is 2.77. The summed E-state index contributed by atoms with van der Waals surface area (Å²) in [6.07, 6.45) is 3.44. The van der Waals surface area contributed by atoms with E-state index in [1.165, 1.54) is 0 Å². The Morgan fingerprint density at radius 3 is 2.83 bits per heavy atom. The molecule has 2 atom stereocenters. The maximum Gasteiger partial charge on any atom is 0.329 e. The lowest BCUT2D eigenvalue weighted by atomic mass is 9.94. The molecular formula is C14H18BrNO2. The Balaban J connectivity index is 2.23. The predicted octanol–water partition coefficient (Wildman–Crippen LogP) is 3.89. The SMILES string of the molecule is CCC1CCC(Nc2ccccc2Br)(C(=O)O)C1. The van der Waals surface area contributed by atoms with Gasteiger partial charge in [0, 0.05) is 10.2 Å². The van der Waals surface area contributed by atoms with Gasteiger partial charge in [0.15, 0.2) is 0 Å². The lowest BCUT2D eigenvalue weighted by Crippen LogP contribution is -2.44. The highest BCUT2D eigenvalue weighted by Crippen LogP contribution is 2.40. The Kier molecular flexibility index (Phi) is 3.95. The van der Waals surface area contributed by atoms with Crippen LogP contribution in [0.3, 0.4) is 0 Å². The summed E-state index contributed by atoms with van der Waals surface area (Å²) in [6.45, 7) is 2.13. The van der Waals surface area contributed by atoms with Gasteiger partial charge in [0.25, 0.3) is 0 Å². The first kappa shape index (κ1) is 13.4. The maximum atomic E-state index is 11.6. The Hall–Kier alpha value is -1.03. The Morgan fingerprint density at radius 2 is 2.28 bits per heavy atom. The van der Waals surface area contributed by atoms with Gasteiger partial charge in [-0.3, -0.25) is 0 Å². The molecule has 0 spiro atoms. The van der Waals surface area contributed by atoms with Crippen molar-refractivity contribution in [1.29, 1.82) is 0 Å². The predicted molar refractivity (Wildman–Crippen MR) is 75.8 cm³/mol. The Bertz CT molecular complexity index is 449. The third-order valence-corrected chi connectivity index (χ3v) is 4.54. The zero-order valence-corrected chi connectivity index (χ0v) is 12.0. The summed E-state index contributed by atoms with van der Waals surface area (Å²) in [4.78, 5) is 11.6.